The maximum atomic E-state index is 13.3. The molecule has 0 spiro atoms. The molecule has 3 amide bonds. The van der Waals surface area contributed by atoms with Gasteiger partial charge in [-0.15, -0.1) is 0 Å². The Bertz CT molecular complexity index is 1390. The molecule has 0 aliphatic carbocycles. The smallest absolute Gasteiger partial charge is 0.412 e. The third-order valence-corrected chi connectivity index (χ3v) is 6.89. The van der Waals surface area contributed by atoms with E-state index in [4.69, 9.17) is 9.47 Å². The largest absolute Gasteiger partial charge is 0.444 e. The van der Waals surface area contributed by atoms with Gasteiger partial charge in [-0.1, -0.05) is 17.4 Å². The van der Waals surface area contributed by atoms with Gasteiger partial charge >= 0.3 is 12.2 Å². The maximum absolute atomic E-state index is 13.3. The summed E-state index contributed by atoms with van der Waals surface area (Å²) < 4.78 is 10.9. The van der Waals surface area contributed by atoms with Crippen molar-refractivity contribution >= 4 is 45.9 Å². The van der Waals surface area contributed by atoms with Crippen LogP contribution in [0.25, 0.3) is 11.1 Å². The van der Waals surface area contributed by atoms with Gasteiger partial charge in [0, 0.05) is 38.6 Å². The first-order valence-electron chi connectivity index (χ1n) is 13.3. The number of nitrogens with one attached hydrogen (secondary N) is 2. The molecule has 4 rings (SSSR count). The molecule has 3 aromatic rings. The van der Waals surface area contributed by atoms with E-state index < -0.39 is 17.3 Å². The Morgan fingerprint density at radius 3 is 2.12 bits per heavy atom. The monoisotopic (exact) mass is 580 g/mol. The fourth-order valence-electron chi connectivity index (χ4n) is 4.00. The minimum Gasteiger partial charge on any atom is -0.444 e. The average Bonchev–Trinajstić information content (AvgIpc) is 3.39. The molecule has 0 radical (unpaired) electrons. The number of nitrogens with zero attached hydrogens (tertiary/aromatic N) is 4. The number of piperazine rings is 1. The Balaban J connectivity index is 1.47. The number of hydrogen-bond donors (Lipinski definition) is 2. The Hall–Kier alpha value is -4.19. The summed E-state index contributed by atoms with van der Waals surface area (Å²) in [5.74, 6) is -0.361. The van der Waals surface area contributed by atoms with Crippen molar-refractivity contribution in [3.8, 4) is 11.1 Å². The topological polar surface area (TPSA) is 126 Å². The standard InChI is InChI=1S/C29H36N6O5S/c1-28(2,3)39-26(37)33-21-8-7-20(19-9-11-30-12-10-19)17-22(21)32-24(36)23-18-31-25(41-23)34-13-15-35(16-14-34)27(38)40-29(4,5)6/h7-12,17-18H,13-16H2,1-6H3,(H,32,36)(H,33,37). The van der Waals surface area contributed by atoms with E-state index in [0.29, 0.717) is 47.6 Å². The van der Waals surface area contributed by atoms with Crippen molar-refractivity contribution < 1.29 is 23.9 Å². The van der Waals surface area contributed by atoms with E-state index in [-0.39, 0.29) is 12.0 Å². The van der Waals surface area contributed by atoms with Crippen LogP contribution in [-0.4, -0.2) is 70.3 Å². The summed E-state index contributed by atoms with van der Waals surface area (Å²) >= 11 is 1.26. The van der Waals surface area contributed by atoms with E-state index in [9.17, 15) is 14.4 Å². The number of aromatic nitrogens is 2. The van der Waals surface area contributed by atoms with Crippen LogP contribution in [0, 0.1) is 0 Å². The molecule has 0 unspecified atom stereocenters. The number of pyridine rings is 1. The number of rotatable bonds is 5. The third-order valence-electron chi connectivity index (χ3n) is 5.84. The van der Waals surface area contributed by atoms with Crippen LogP contribution < -0.4 is 15.5 Å². The van der Waals surface area contributed by atoms with Gasteiger partial charge in [0.2, 0.25) is 0 Å². The lowest BCUT2D eigenvalue weighted by atomic mass is 10.1. The average molecular weight is 581 g/mol. The highest BCUT2D eigenvalue weighted by Crippen LogP contribution is 2.31. The number of carbonyl (C=O) groups is 3. The molecule has 0 atom stereocenters. The van der Waals surface area contributed by atoms with E-state index in [1.54, 1.807) is 50.2 Å². The summed E-state index contributed by atoms with van der Waals surface area (Å²) in [6, 6.07) is 9.08. The van der Waals surface area contributed by atoms with Crippen LogP contribution in [0.2, 0.25) is 0 Å². The Labute approximate surface area is 243 Å². The van der Waals surface area contributed by atoms with Crippen LogP contribution in [0.4, 0.5) is 26.1 Å². The third kappa shape index (κ3) is 8.40. The van der Waals surface area contributed by atoms with Crippen molar-refractivity contribution in [1.29, 1.82) is 0 Å². The molecular weight excluding hydrogens is 544 g/mol. The highest BCUT2D eigenvalue weighted by Gasteiger charge is 2.27. The maximum Gasteiger partial charge on any atom is 0.412 e. The summed E-state index contributed by atoms with van der Waals surface area (Å²) in [5.41, 5.74) is 1.33. The van der Waals surface area contributed by atoms with Crippen molar-refractivity contribution in [2.24, 2.45) is 0 Å². The minimum atomic E-state index is -0.679. The van der Waals surface area contributed by atoms with Crippen molar-refractivity contribution in [2.45, 2.75) is 52.7 Å². The molecule has 1 aliphatic rings. The Morgan fingerprint density at radius 1 is 0.829 bits per heavy atom. The lowest BCUT2D eigenvalue weighted by molar-refractivity contribution is 0.0240. The van der Waals surface area contributed by atoms with E-state index in [0.717, 1.165) is 11.1 Å². The van der Waals surface area contributed by atoms with E-state index in [1.807, 2.05) is 43.9 Å². The predicted molar refractivity (Wildman–Crippen MR) is 160 cm³/mol. The molecule has 2 N–H and O–H groups in total. The van der Waals surface area contributed by atoms with Crippen LogP contribution in [0.5, 0.6) is 0 Å². The second-order valence-corrected chi connectivity index (χ2v) is 12.5. The van der Waals surface area contributed by atoms with Crippen LogP contribution in [0.15, 0.2) is 48.9 Å². The van der Waals surface area contributed by atoms with Gasteiger partial charge in [-0.25, -0.2) is 14.6 Å². The number of ether oxygens (including phenoxy) is 2. The van der Waals surface area contributed by atoms with E-state index in [1.165, 1.54) is 17.5 Å². The molecule has 0 bridgehead atoms. The number of anilines is 3. The number of benzene rings is 1. The lowest BCUT2D eigenvalue weighted by Gasteiger charge is -2.35. The number of carbonyl (C=O) groups excluding carboxylic acids is 3. The lowest BCUT2D eigenvalue weighted by Crippen LogP contribution is -2.50. The SMILES string of the molecule is CC(C)(C)OC(=O)Nc1ccc(-c2ccncc2)cc1NC(=O)c1cnc(N2CCN(C(=O)OC(C)(C)C)CC2)s1. The molecule has 1 fully saturated rings. The fraction of sp³-hybridized carbons (Fsp3) is 0.414. The van der Waals surface area contributed by atoms with E-state index >= 15 is 0 Å². The predicted octanol–water partition coefficient (Wildman–Crippen LogP) is 5.86. The van der Waals surface area contributed by atoms with Crippen molar-refractivity contribution in [3.05, 3.63) is 53.8 Å². The summed E-state index contributed by atoms with van der Waals surface area (Å²) in [6.45, 7) is 13.0. The molecule has 2 aromatic heterocycles. The summed E-state index contributed by atoms with van der Waals surface area (Å²) in [4.78, 5) is 50.9. The first-order valence-corrected chi connectivity index (χ1v) is 14.1. The first kappa shape index (κ1) is 29.8. The molecular formula is C29H36N6O5S. The van der Waals surface area contributed by atoms with Gasteiger partial charge in [0.15, 0.2) is 5.13 Å². The minimum absolute atomic E-state index is 0.332. The van der Waals surface area contributed by atoms with Crippen LogP contribution in [0.1, 0.15) is 51.2 Å². The van der Waals surface area contributed by atoms with Gasteiger partial charge in [-0.05, 0) is 76.9 Å². The molecule has 218 valence electrons. The number of hydrogen-bond acceptors (Lipinski definition) is 9. The van der Waals surface area contributed by atoms with Crippen molar-refractivity contribution in [3.63, 3.8) is 0 Å². The highest BCUT2D eigenvalue weighted by molar-refractivity contribution is 7.17. The molecule has 12 heteroatoms. The number of thiazole rings is 1. The second kappa shape index (κ2) is 12.1. The van der Waals surface area contributed by atoms with Crippen LogP contribution in [-0.2, 0) is 9.47 Å². The molecule has 3 heterocycles. The molecule has 41 heavy (non-hydrogen) atoms. The van der Waals surface area contributed by atoms with Crippen molar-refractivity contribution in [1.82, 2.24) is 14.9 Å². The normalized spacial score (nSPS) is 13.9. The van der Waals surface area contributed by atoms with Gasteiger partial charge < -0.3 is 24.6 Å². The molecule has 11 nitrogen and oxygen atoms in total. The Morgan fingerprint density at radius 2 is 1.49 bits per heavy atom. The van der Waals surface area contributed by atoms with Gasteiger partial charge in [0.1, 0.15) is 16.1 Å². The molecule has 1 aromatic carbocycles. The van der Waals surface area contributed by atoms with Crippen LogP contribution >= 0.6 is 11.3 Å². The van der Waals surface area contributed by atoms with E-state index in [2.05, 4.69) is 20.6 Å². The quantitative estimate of drug-likeness (QED) is 0.384. The summed E-state index contributed by atoms with van der Waals surface area (Å²) in [7, 11) is 0. The zero-order valence-corrected chi connectivity index (χ0v) is 25.0. The van der Waals surface area contributed by atoms with Gasteiger partial charge in [0.25, 0.3) is 5.91 Å². The zero-order chi connectivity index (χ0) is 29.8. The fourth-order valence-corrected chi connectivity index (χ4v) is 4.86. The zero-order valence-electron chi connectivity index (χ0n) is 24.2. The van der Waals surface area contributed by atoms with Gasteiger partial charge in [-0.2, -0.15) is 0 Å². The van der Waals surface area contributed by atoms with Crippen molar-refractivity contribution in [2.75, 3.05) is 41.7 Å². The van der Waals surface area contributed by atoms with Crippen LogP contribution in [0.3, 0.4) is 0 Å². The van der Waals surface area contributed by atoms with Gasteiger partial charge in [0.05, 0.1) is 17.6 Å². The molecule has 0 saturated carbocycles. The molecule has 1 saturated heterocycles. The number of amides is 3. The highest BCUT2D eigenvalue weighted by atomic mass is 32.1. The Kier molecular flexibility index (Phi) is 8.81. The second-order valence-electron chi connectivity index (χ2n) is 11.5. The summed E-state index contributed by atoms with van der Waals surface area (Å²) in [6.07, 6.45) is 3.94. The first-order chi connectivity index (χ1) is 19.3. The summed E-state index contributed by atoms with van der Waals surface area (Å²) in [5, 5.41) is 6.35. The molecule has 1 aliphatic heterocycles. The van der Waals surface area contributed by atoms with Gasteiger partial charge in [-0.3, -0.25) is 15.1 Å².